The monoisotopic (exact) mass is 265 g/mol. The van der Waals surface area contributed by atoms with Gasteiger partial charge in [-0.3, -0.25) is 0 Å². The molecular weight excluding hydrogens is 253 g/mol. The van der Waals surface area contributed by atoms with Crippen molar-refractivity contribution in [1.82, 2.24) is 4.98 Å². The molecule has 0 aliphatic heterocycles. The number of nitrogens with two attached hydrogens (primary N) is 1. The summed E-state index contributed by atoms with van der Waals surface area (Å²) < 4.78 is 13.0. The van der Waals surface area contributed by atoms with E-state index in [2.05, 4.69) is 10.3 Å². The van der Waals surface area contributed by atoms with Crippen LogP contribution < -0.4 is 11.1 Å². The number of hydrogen-bond donors (Lipinski definition) is 2. The molecule has 1 aromatic carbocycles. The van der Waals surface area contributed by atoms with E-state index in [1.165, 1.54) is 18.3 Å². The lowest BCUT2D eigenvalue weighted by Crippen LogP contribution is -2.08. The smallest absolute Gasteiger partial charge is 0.149 e. The Morgan fingerprint density at radius 3 is 2.89 bits per heavy atom. The zero-order valence-corrected chi connectivity index (χ0v) is 10.4. The van der Waals surface area contributed by atoms with Crippen molar-refractivity contribution in [1.29, 1.82) is 0 Å². The Morgan fingerprint density at radius 1 is 1.33 bits per heavy atom. The highest BCUT2D eigenvalue weighted by atomic mass is 35.5. The van der Waals surface area contributed by atoms with Gasteiger partial charge in [0.05, 0.1) is 10.7 Å². The molecule has 0 aliphatic rings. The molecule has 1 aromatic heterocycles. The molecule has 3 nitrogen and oxygen atoms in total. The van der Waals surface area contributed by atoms with Crippen molar-refractivity contribution in [3.8, 4) is 0 Å². The second kappa shape index (κ2) is 5.69. The van der Waals surface area contributed by atoms with Crippen LogP contribution in [0.2, 0.25) is 5.02 Å². The lowest BCUT2D eigenvalue weighted by atomic mass is 10.1. The Labute approximate surface area is 110 Å². The van der Waals surface area contributed by atoms with Crippen LogP contribution in [0.15, 0.2) is 36.5 Å². The van der Waals surface area contributed by atoms with Gasteiger partial charge in [-0.15, -0.1) is 0 Å². The highest BCUT2D eigenvalue weighted by Gasteiger charge is 2.01. The minimum atomic E-state index is -0.225. The lowest BCUT2D eigenvalue weighted by Gasteiger charge is -2.08. The maximum Gasteiger partial charge on any atom is 0.149 e. The third-order valence-corrected chi connectivity index (χ3v) is 2.69. The Balaban J connectivity index is 1.92. The fraction of sp³-hybridized carbons (Fsp3) is 0.154. The van der Waals surface area contributed by atoms with Crippen LogP contribution >= 0.6 is 11.6 Å². The van der Waals surface area contributed by atoms with Crippen LogP contribution in [0, 0.1) is 5.82 Å². The molecule has 0 spiro atoms. The third kappa shape index (κ3) is 3.34. The summed E-state index contributed by atoms with van der Waals surface area (Å²) in [6.45, 7) is 0.627. The van der Waals surface area contributed by atoms with Crippen molar-refractivity contribution in [2.75, 3.05) is 17.6 Å². The molecule has 0 atom stereocenters. The number of halogens is 2. The molecule has 0 saturated heterocycles. The summed E-state index contributed by atoms with van der Waals surface area (Å²) >= 11 is 5.75. The topological polar surface area (TPSA) is 50.9 Å². The number of rotatable bonds is 4. The third-order valence-electron chi connectivity index (χ3n) is 2.48. The number of pyridine rings is 1. The number of hydrogen-bond acceptors (Lipinski definition) is 3. The molecule has 94 valence electrons. The first kappa shape index (κ1) is 12.6. The average molecular weight is 266 g/mol. The van der Waals surface area contributed by atoms with Gasteiger partial charge in [-0.05, 0) is 30.2 Å². The van der Waals surface area contributed by atoms with E-state index in [0.29, 0.717) is 29.5 Å². The molecule has 18 heavy (non-hydrogen) atoms. The second-order valence-electron chi connectivity index (χ2n) is 3.90. The van der Waals surface area contributed by atoms with Crippen molar-refractivity contribution in [2.24, 2.45) is 0 Å². The summed E-state index contributed by atoms with van der Waals surface area (Å²) in [6.07, 6.45) is 2.23. The SMILES string of the molecule is Nc1cc(Cl)cnc1NCCc1cccc(F)c1. The maximum absolute atomic E-state index is 13.0. The first-order chi connectivity index (χ1) is 8.65. The van der Waals surface area contributed by atoms with Gasteiger partial charge in [0.2, 0.25) is 0 Å². The van der Waals surface area contributed by atoms with Gasteiger partial charge in [-0.25, -0.2) is 9.37 Å². The molecule has 0 unspecified atom stereocenters. The first-order valence-electron chi connectivity index (χ1n) is 5.54. The van der Waals surface area contributed by atoms with Gasteiger partial charge in [0.25, 0.3) is 0 Å². The van der Waals surface area contributed by atoms with Gasteiger partial charge in [0.15, 0.2) is 0 Å². The fourth-order valence-corrected chi connectivity index (χ4v) is 1.79. The molecule has 0 bridgehead atoms. The zero-order chi connectivity index (χ0) is 13.0. The zero-order valence-electron chi connectivity index (χ0n) is 9.66. The van der Waals surface area contributed by atoms with E-state index in [1.807, 2.05) is 6.07 Å². The average Bonchev–Trinajstić information content (AvgIpc) is 2.32. The van der Waals surface area contributed by atoms with Gasteiger partial charge < -0.3 is 11.1 Å². The fourth-order valence-electron chi connectivity index (χ4n) is 1.62. The van der Waals surface area contributed by atoms with E-state index < -0.39 is 0 Å². The summed E-state index contributed by atoms with van der Waals surface area (Å²) in [4.78, 5) is 4.08. The van der Waals surface area contributed by atoms with E-state index in [9.17, 15) is 4.39 Å². The number of anilines is 2. The normalized spacial score (nSPS) is 10.3. The highest BCUT2D eigenvalue weighted by Crippen LogP contribution is 2.19. The molecule has 5 heteroatoms. The van der Waals surface area contributed by atoms with Crippen LogP contribution in [0.3, 0.4) is 0 Å². The van der Waals surface area contributed by atoms with E-state index in [-0.39, 0.29) is 5.82 Å². The second-order valence-corrected chi connectivity index (χ2v) is 4.33. The van der Waals surface area contributed by atoms with Gasteiger partial charge in [0, 0.05) is 12.7 Å². The number of benzene rings is 1. The van der Waals surface area contributed by atoms with Crippen LogP contribution in [-0.4, -0.2) is 11.5 Å². The van der Waals surface area contributed by atoms with Crippen LogP contribution in [-0.2, 0) is 6.42 Å². The minimum absolute atomic E-state index is 0.225. The van der Waals surface area contributed by atoms with E-state index in [0.717, 1.165) is 5.56 Å². The summed E-state index contributed by atoms with van der Waals surface area (Å²) in [5.74, 6) is 0.368. The van der Waals surface area contributed by atoms with Crippen molar-refractivity contribution < 1.29 is 4.39 Å². The summed E-state index contributed by atoms with van der Waals surface area (Å²) in [7, 11) is 0. The molecule has 0 fully saturated rings. The number of nitrogens with one attached hydrogen (secondary N) is 1. The largest absolute Gasteiger partial charge is 0.396 e. The quantitative estimate of drug-likeness (QED) is 0.893. The Bertz CT molecular complexity index is 546. The molecule has 0 saturated carbocycles. The molecule has 0 amide bonds. The molecule has 2 rings (SSSR count). The maximum atomic E-state index is 13.0. The van der Waals surface area contributed by atoms with Crippen molar-refractivity contribution >= 4 is 23.1 Å². The predicted molar refractivity (Wildman–Crippen MR) is 72.3 cm³/mol. The molecule has 0 radical (unpaired) electrons. The first-order valence-corrected chi connectivity index (χ1v) is 5.92. The van der Waals surface area contributed by atoms with Crippen molar-refractivity contribution in [3.05, 3.63) is 52.9 Å². The van der Waals surface area contributed by atoms with E-state index >= 15 is 0 Å². The number of nitrogens with zero attached hydrogens (tertiary/aromatic N) is 1. The van der Waals surface area contributed by atoms with Gasteiger partial charge >= 0.3 is 0 Å². The number of nitrogen functional groups attached to an aromatic ring is 1. The Morgan fingerprint density at radius 2 is 2.17 bits per heavy atom. The Kier molecular flexibility index (Phi) is 3.99. The molecular formula is C13H13ClFN3. The van der Waals surface area contributed by atoms with E-state index in [1.54, 1.807) is 12.1 Å². The Hall–Kier alpha value is -1.81. The summed E-state index contributed by atoms with van der Waals surface area (Å²) in [5, 5.41) is 3.59. The van der Waals surface area contributed by atoms with Crippen LogP contribution in [0.1, 0.15) is 5.56 Å². The number of aromatic nitrogens is 1. The van der Waals surface area contributed by atoms with E-state index in [4.69, 9.17) is 17.3 Å². The minimum Gasteiger partial charge on any atom is -0.396 e. The molecule has 2 aromatic rings. The van der Waals surface area contributed by atoms with Crippen LogP contribution in [0.4, 0.5) is 15.9 Å². The van der Waals surface area contributed by atoms with Crippen LogP contribution in [0.5, 0.6) is 0 Å². The lowest BCUT2D eigenvalue weighted by molar-refractivity contribution is 0.625. The van der Waals surface area contributed by atoms with Crippen molar-refractivity contribution in [3.63, 3.8) is 0 Å². The molecule has 3 N–H and O–H groups in total. The molecule has 1 heterocycles. The van der Waals surface area contributed by atoms with Crippen LogP contribution in [0.25, 0.3) is 0 Å². The summed E-state index contributed by atoms with van der Waals surface area (Å²) in [6, 6.07) is 8.15. The van der Waals surface area contributed by atoms with Crippen molar-refractivity contribution in [2.45, 2.75) is 6.42 Å². The standard InChI is InChI=1S/C13H13ClFN3/c14-10-7-12(16)13(18-8-10)17-5-4-9-2-1-3-11(15)6-9/h1-3,6-8H,4-5,16H2,(H,17,18). The van der Waals surface area contributed by atoms with Gasteiger partial charge in [-0.2, -0.15) is 0 Å². The predicted octanol–water partition coefficient (Wildman–Crippen LogP) is 3.11. The highest BCUT2D eigenvalue weighted by molar-refractivity contribution is 6.30. The van der Waals surface area contributed by atoms with Gasteiger partial charge in [0.1, 0.15) is 11.6 Å². The van der Waals surface area contributed by atoms with Gasteiger partial charge in [-0.1, -0.05) is 23.7 Å². The molecule has 0 aliphatic carbocycles. The summed E-state index contributed by atoms with van der Waals surface area (Å²) in [5.41, 5.74) is 7.18.